The van der Waals surface area contributed by atoms with Gasteiger partial charge in [0.2, 0.25) is 17.7 Å². The van der Waals surface area contributed by atoms with Gasteiger partial charge >= 0.3 is 0 Å². The van der Waals surface area contributed by atoms with E-state index in [1.165, 1.54) is 180 Å². The van der Waals surface area contributed by atoms with E-state index >= 15 is 13.2 Å². The van der Waals surface area contributed by atoms with Crippen LogP contribution >= 0.6 is 0 Å². The monoisotopic (exact) mass is 1920 g/mol. The van der Waals surface area contributed by atoms with Crippen LogP contribution in [0.3, 0.4) is 0 Å². The Morgan fingerprint density at radius 3 is 0.901 bits per heavy atom. The van der Waals surface area contributed by atoms with Crippen molar-refractivity contribution in [3.8, 4) is 69.0 Å². The van der Waals surface area contributed by atoms with Crippen molar-refractivity contribution in [3.05, 3.63) is 252 Å². The van der Waals surface area contributed by atoms with Crippen LogP contribution < -0.4 is 74.5 Å². The Morgan fingerprint density at radius 2 is 0.624 bits per heavy atom. The minimum atomic E-state index is -1.21. The molecule has 0 radical (unpaired) electrons. The number of methoxy groups -OCH3 is 3. The molecule has 9 saturated carbocycles. The van der Waals surface area contributed by atoms with Crippen molar-refractivity contribution in [2.45, 2.75) is 196 Å². The van der Waals surface area contributed by atoms with E-state index in [-0.39, 0.29) is 87.2 Å². The van der Waals surface area contributed by atoms with Crippen molar-refractivity contribution in [2.24, 2.45) is 22.2 Å². The third-order valence-electron chi connectivity index (χ3n) is 28.7. The summed E-state index contributed by atoms with van der Waals surface area (Å²) in [5, 5.41) is 21.4. The largest absolute Gasteiger partial charge is 0.493 e. The van der Waals surface area contributed by atoms with Crippen molar-refractivity contribution < 1.29 is 97.7 Å². The molecule has 6 N–H and O–H groups in total. The maximum atomic E-state index is 15.3. The lowest BCUT2D eigenvalue weighted by Crippen LogP contribution is -2.44. The second-order valence-electron chi connectivity index (χ2n) is 39.1. The number of pyridine rings is 3. The SMILES string of the molecule is COc1cc2c(Oc3ccc(CC(=O)C4(C(=O)Nc5ccc(F)cc5)CC4)c(F)c3)ccnc2cc1OCC1(NC2CCCC2)CC1.COc1cc2c(Oc3ccc(CC(=O)C4(C(=O)Nc5ccc(F)cc5)CC4)c(F)c3)ccnc2cc1OCC1(NC2CCCCC2)CC1.COc1cc2c(Oc3ccc(CC(=O)C4(C(=O)Nc5ccc(F)cc5)CC4)c(F)c3)ccnc2cc1OCC1(NCC2CC2)CC1. The minimum Gasteiger partial charge on any atom is -0.493 e. The number of carbonyl (C=O) groups is 6. The van der Waals surface area contributed by atoms with Crippen LogP contribution in [0.2, 0.25) is 0 Å². The van der Waals surface area contributed by atoms with E-state index < -0.39 is 68.9 Å². The summed E-state index contributed by atoms with van der Waals surface area (Å²) in [5.41, 5.74) is 0.0418. The number of nitrogens with zero attached hydrogens (tertiary/aromatic N) is 3. The third-order valence-corrected chi connectivity index (χ3v) is 28.7. The predicted octanol–water partition coefficient (Wildman–Crippen LogP) is 21.7. The van der Waals surface area contributed by atoms with Crippen LogP contribution in [0.1, 0.15) is 164 Å². The number of fused-ring (bicyclic) bond motifs is 3. The van der Waals surface area contributed by atoms with E-state index in [1.54, 1.807) is 82.4 Å². The average Bonchev–Trinajstić information content (AvgIpc) is 1.59. The number of hydrogen-bond acceptors (Lipinski definition) is 21. The first kappa shape index (κ1) is 96.2. The molecule has 9 aliphatic carbocycles. The standard InChI is InChI=1S/C38H39F2N3O5.C37H37F2N3O5.C36H35F2N3O5/c1-46-33-21-29-31(22-34(33)47-23-37(14-15-37)43-27-5-3-2-4-6-27)41-18-13-32(29)48-28-12-7-24(30(40)20-28)19-35(44)38(16-17-38)36(45)42-26-10-8-25(39)9-11-26;1-45-32-20-28-30(21-33(32)46-22-36(13-14-36)42-26-4-2-3-5-26)40-17-12-31(28)47-27-11-6-23(29(39)19-27)18-34(43)37(15-16-37)35(44)41-25-9-7-24(38)8-10-25;1-44-31-18-27-29(19-32(31)45-21-35(11-12-35)40-20-22-2-3-22)39-15-10-30(27)46-26-9-4-23(28(38)17-26)16-33(42)36(13-14-36)34(43)41-25-7-5-24(37)6-8-25/h7-13,18,20-22,27,43H,2-6,14-17,19,23H2,1H3,(H,42,45);6-12,17,19-21,26,42H,2-5,13-16,18,22H2,1H3,(H,41,44);4-10,15,17-19,22,40H,2-3,11-14,16,20-21H2,1H3,(H,41,43). The Balaban J connectivity index is 0.000000135. The van der Waals surface area contributed by atoms with Crippen molar-refractivity contribution in [2.75, 3.05) is 63.6 Å². The van der Waals surface area contributed by atoms with Gasteiger partial charge in [-0.05, 0) is 272 Å². The summed E-state index contributed by atoms with van der Waals surface area (Å²) in [7, 11) is 4.75. The van der Waals surface area contributed by atoms with Crippen LogP contribution in [-0.2, 0) is 48.0 Å². The number of nitrogens with one attached hydrogen (secondary N) is 6. The second kappa shape index (κ2) is 40.9. The van der Waals surface area contributed by atoms with Crippen molar-refractivity contribution >= 4 is 84.8 Å². The molecule has 0 bridgehead atoms. The molecule has 3 heterocycles. The fourth-order valence-corrected chi connectivity index (χ4v) is 18.7. The molecule has 21 rings (SSSR count). The number of ketones is 3. The van der Waals surface area contributed by atoms with Gasteiger partial charge in [0, 0.05) is 120 Å². The first-order valence-corrected chi connectivity index (χ1v) is 48.6. The first-order valence-electron chi connectivity index (χ1n) is 48.6. The number of carbonyl (C=O) groups excluding carboxylic acids is 6. The highest BCUT2D eigenvalue weighted by Crippen LogP contribution is 2.53. The number of aromatic nitrogens is 3. The molecule has 0 saturated heterocycles. The zero-order valence-electron chi connectivity index (χ0n) is 78.7. The van der Waals surface area contributed by atoms with Gasteiger partial charge in [0.15, 0.2) is 51.8 Å². The van der Waals surface area contributed by atoms with Gasteiger partial charge in [-0.25, -0.2) is 26.3 Å². The fraction of sp³-hybridized carbons (Fsp3) is 0.378. The molecule has 12 aromatic rings. The van der Waals surface area contributed by atoms with Gasteiger partial charge in [0.05, 0.1) is 54.5 Å². The minimum absolute atomic E-state index is 0.0108. The molecule has 3 amide bonds. The van der Waals surface area contributed by atoms with E-state index in [9.17, 15) is 41.9 Å². The molecule has 9 aromatic carbocycles. The number of amides is 3. The number of ether oxygens (including phenoxy) is 9. The Labute approximate surface area is 811 Å². The normalized spacial score (nSPS) is 17.6. The van der Waals surface area contributed by atoms with E-state index in [4.69, 9.17) is 42.6 Å². The summed E-state index contributed by atoms with van der Waals surface area (Å²) in [4.78, 5) is 91.8. The van der Waals surface area contributed by atoms with Gasteiger partial charge in [-0.1, -0.05) is 50.3 Å². The highest BCUT2D eigenvalue weighted by atomic mass is 19.1. The molecule has 0 spiro atoms. The second-order valence-corrected chi connectivity index (χ2v) is 39.1. The molecule has 0 unspecified atom stereocenters. The van der Waals surface area contributed by atoms with Crippen molar-refractivity contribution in [3.63, 3.8) is 0 Å². The van der Waals surface area contributed by atoms with Crippen LogP contribution in [0.4, 0.5) is 43.4 Å². The van der Waals surface area contributed by atoms with Gasteiger partial charge < -0.3 is 74.5 Å². The van der Waals surface area contributed by atoms with Gasteiger partial charge in [-0.2, -0.15) is 0 Å². The van der Waals surface area contributed by atoms with Crippen LogP contribution in [0.25, 0.3) is 32.7 Å². The summed E-state index contributed by atoms with van der Waals surface area (Å²) in [6, 6.07) is 46.1. The lowest BCUT2D eigenvalue weighted by molar-refractivity contribution is -0.134. The van der Waals surface area contributed by atoms with Crippen LogP contribution in [-0.4, -0.2) is 126 Å². The number of anilines is 3. The van der Waals surface area contributed by atoms with Crippen LogP contribution in [0, 0.1) is 57.1 Å². The predicted molar refractivity (Wildman–Crippen MR) is 519 cm³/mol. The molecule has 141 heavy (non-hydrogen) atoms. The van der Waals surface area contributed by atoms with Crippen molar-refractivity contribution in [1.82, 2.24) is 30.9 Å². The van der Waals surface area contributed by atoms with Crippen LogP contribution in [0.15, 0.2) is 201 Å². The summed E-state index contributed by atoms with van der Waals surface area (Å²) >= 11 is 0. The summed E-state index contributed by atoms with van der Waals surface area (Å²) < 4.78 is 140. The van der Waals surface area contributed by atoms with Crippen LogP contribution in [0.5, 0.6) is 69.0 Å². The highest BCUT2D eigenvalue weighted by Gasteiger charge is 2.58. The van der Waals surface area contributed by atoms with Gasteiger partial charge in [-0.15, -0.1) is 0 Å². The number of benzene rings is 9. The lowest BCUT2D eigenvalue weighted by atomic mass is 9.93. The first-order chi connectivity index (χ1) is 68.3. The quantitative estimate of drug-likeness (QED) is 0.0154. The van der Waals surface area contributed by atoms with Gasteiger partial charge in [0.25, 0.3) is 0 Å². The molecular weight excluding hydrogens is 1810 g/mol. The topological polar surface area (TPSA) is 296 Å². The maximum Gasteiger partial charge on any atom is 0.238 e. The Kier molecular flexibility index (Phi) is 27.9. The number of rotatable bonds is 40. The highest BCUT2D eigenvalue weighted by molar-refractivity contribution is 6.16. The zero-order valence-corrected chi connectivity index (χ0v) is 78.7. The van der Waals surface area contributed by atoms with E-state index in [0.717, 1.165) is 51.0 Å². The third kappa shape index (κ3) is 22.7. The van der Waals surface area contributed by atoms with E-state index in [2.05, 4.69) is 46.9 Å². The number of hydrogen-bond donors (Lipinski definition) is 6. The number of Topliss-reactive ketones (excluding diaryl/α,β-unsaturated/α-hetero) is 3. The summed E-state index contributed by atoms with van der Waals surface area (Å²) in [5.74, 6) is 0.735. The Bertz CT molecular complexity index is 6710. The molecule has 0 atom stereocenters. The van der Waals surface area contributed by atoms with E-state index in [1.807, 2.05) is 30.3 Å². The molecule has 3 aromatic heterocycles. The van der Waals surface area contributed by atoms with E-state index in [0.29, 0.717) is 172 Å². The molecular formula is C111H111F6N9O15. The van der Waals surface area contributed by atoms with Gasteiger partial charge in [-0.3, -0.25) is 43.7 Å². The summed E-state index contributed by atoms with van der Waals surface area (Å²) in [6.07, 6.45) is 26.9. The average molecular weight is 1930 g/mol. The molecule has 30 heteroatoms. The summed E-state index contributed by atoms with van der Waals surface area (Å²) in [6.45, 7) is 2.69. The van der Waals surface area contributed by atoms with Gasteiger partial charge in [0.1, 0.15) is 105 Å². The molecule has 9 fully saturated rings. The van der Waals surface area contributed by atoms with Crippen molar-refractivity contribution in [1.29, 1.82) is 0 Å². The maximum absolute atomic E-state index is 15.3. The Morgan fingerprint density at radius 1 is 0.326 bits per heavy atom. The molecule has 0 aliphatic heterocycles. The molecule has 732 valence electrons. The lowest BCUT2D eigenvalue weighted by Gasteiger charge is -2.28. The Hall–Kier alpha value is -13.7. The number of halogens is 6. The molecule has 9 aliphatic rings. The molecule has 24 nitrogen and oxygen atoms in total. The smallest absolute Gasteiger partial charge is 0.238 e. The fourth-order valence-electron chi connectivity index (χ4n) is 18.7. The zero-order chi connectivity index (χ0) is 97.8.